The molecule has 0 radical (unpaired) electrons. The quantitative estimate of drug-likeness (QED) is 0.0198. The molecule has 3 unspecified atom stereocenters. The van der Waals surface area contributed by atoms with Crippen molar-refractivity contribution in [3.05, 3.63) is 12.2 Å². The van der Waals surface area contributed by atoms with Crippen molar-refractivity contribution in [1.29, 1.82) is 0 Å². The van der Waals surface area contributed by atoms with Gasteiger partial charge in [-0.1, -0.05) is 174 Å². The van der Waals surface area contributed by atoms with E-state index in [9.17, 15) is 28.9 Å². The molecule has 0 aliphatic heterocycles. The number of carbonyl (C=O) groups is 3. The lowest BCUT2D eigenvalue weighted by Gasteiger charge is -2.21. The van der Waals surface area contributed by atoms with Crippen molar-refractivity contribution in [2.24, 2.45) is 0 Å². The second kappa shape index (κ2) is 41.9. The third-order valence-electron chi connectivity index (χ3n) is 10.2. The number of ether oxygens (including phenoxy) is 3. The van der Waals surface area contributed by atoms with Gasteiger partial charge in [-0.2, -0.15) is 0 Å². The molecule has 0 aliphatic rings. The van der Waals surface area contributed by atoms with Crippen molar-refractivity contribution in [3.63, 3.8) is 0 Å². The Kier molecular flexibility index (Phi) is 40.6. The van der Waals surface area contributed by atoms with Gasteiger partial charge in [0.05, 0.1) is 19.8 Å². The molecule has 3 atom stereocenters. The average molecular weight is 847 g/mol. The summed E-state index contributed by atoms with van der Waals surface area (Å²) >= 11 is 0. The van der Waals surface area contributed by atoms with E-state index in [0.29, 0.717) is 19.3 Å². The average Bonchev–Trinajstić information content (AvgIpc) is 3.20. The predicted molar refractivity (Wildman–Crippen MR) is 233 cm³/mol. The first-order chi connectivity index (χ1) is 28.2. The van der Waals surface area contributed by atoms with E-state index in [-0.39, 0.29) is 25.9 Å². The van der Waals surface area contributed by atoms with Crippen LogP contribution in [0.15, 0.2) is 12.2 Å². The standard InChI is InChI=1S/C46H87O11P/c1-4-7-10-13-16-19-20-21-22-25-28-31-34-37-46(50)57-43(39-53-44(48)35-32-29-26-23-17-14-11-8-5-2)41-55-58(51,52)54-40-42(38-47)56-45(49)36-33-30-27-24-18-15-12-9-6-3/h19-20,42-43,47H,4-18,21-41H2,1-3H3,(H,51,52)/b20-19-. The van der Waals surface area contributed by atoms with E-state index >= 15 is 0 Å². The number of rotatable bonds is 44. The normalized spacial score (nSPS) is 13.7. The summed E-state index contributed by atoms with van der Waals surface area (Å²) in [5.41, 5.74) is 0. The number of esters is 3. The second-order valence-electron chi connectivity index (χ2n) is 15.9. The molecule has 12 heteroatoms. The third kappa shape index (κ3) is 39.7. The highest BCUT2D eigenvalue weighted by atomic mass is 31.2. The van der Waals surface area contributed by atoms with Crippen LogP contribution in [-0.2, 0) is 42.2 Å². The molecule has 0 aromatic carbocycles. The molecule has 58 heavy (non-hydrogen) atoms. The number of phosphoric ester groups is 1. The van der Waals surface area contributed by atoms with Gasteiger partial charge >= 0.3 is 25.7 Å². The van der Waals surface area contributed by atoms with Crippen molar-refractivity contribution < 1.29 is 52.2 Å². The van der Waals surface area contributed by atoms with Crippen LogP contribution in [0.3, 0.4) is 0 Å². The Morgan fingerprint density at radius 2 is 0.793 bits per heavy atom. The van der Waals surface area contributed by atoms with Gasteiger partial charge in [-0.3, -0.25) is 23.4 Å². The fourth-order valence-electron chi connectivity index (χ4n) is 6.53. The topological polar surface area (TPSA) is 155 Å². The van der Waals surface area contributed by atoms with E-state index in [4.69, 9.17) is 23.3 Å². The summed E-state index contributed by atoms with van der Waals surface area (Å²) in [5, 5.41) is 9.70. The molecule has 0 aromatic heterocycles. The molecular formula is C46H87O11P. The number of allylic oxidation sites excluding steroid dienone is 2. The van der Waals surface area contributed by atoms with E-state index < -0.39 is 57.8 Å². The number of phosphoric acid groups is 1. The second-order valence-corrected chi connectivity index (χ2v) is 17.4. The molecule has 0 spiro atoms. The first-order valence-corrected chi connectivity index (χ1v) is 25.1. The lowest BCUT2D eigenvalue weighted by Crippen LogP contribution is -2.30. The Morgan fingerprint density at radius 3 is 1.21 bits per heavy atom. The highest BCUT2D eigenvalue weighted by molar-refractivity contribution is 7.47. The number of aliphatic hydroxyl groups excluding tert-OH is 1. The Hall–Kier alpha value is -1.78. The minimum atomic E-state index is -4.72. The Balaban J connectivity index is 4.74. The van der Waals surface area contributed by atoms with Crippen LogP contribution in [0.1, 0.15) is 226 Å². The number of hydrogen-bond donors (Lipinski definition) is 2. The molecule has 0 rings (SSSR count). The molecule has 2 N–H and O–H groups in total. The van der Waals surface area contributed by atoms with E-state index in [2.05, 4.69) is 32.9 Å². The number of unbranched alkanes of at least 4 members (excludes halogenated alkanes) is 25. The fourth-order valence-corrected chi connectivity index (χ4v) is 7.31. The number of carbonyl (C=O) groups excluding carboxylic acids is 3. The molecule has 342 valence electrons. The van der Waals surface area contributed by atoms with Crippen molar-refractivity contribution in [2.45, 2.75) is 238 Å². The SMILES string of the molecule is CCCCCC/C=C\CCCCCCCC(=O)OC(COC(=O)CCCCCCCCCCC)COP(=O)(O)OCC(CO)OC(=O)CCCCCCCCCCC. The molecule has 0 heterocycles. The summed E-state index contributed by atoms with van der Waals surface area (Å²) < 4.78 is 39.1. The lowest BCUT2D eigenvalue weighted by molar-refractivity contribution is -0.161. The van der Waals surface area contributed by atoms with Crippen LogP contribution < -0.4 is 0 Å². The maximum Gasteiger partial charge on any atom is 0.472 e. The van der Waals surface area contributed by atoms with Crippen LogP contribution in [0, 0.1) is 0 Å². The van der Waals surface area contributed by atoms with E-state index in [1.807, 2.05) is 0 Å². The van der Waals surface area contributed by atoms with Crippen LogP contribution >= 0.6 is 7.82 Å². The van der Waals surface area contributed by atoms with Crippen LogP contribution in [-0.4, -0.2) is 66.5 Å². The van der Waals surface area contributed by atoms with Gasteiger partial charge in [0.1, 0.15) is 12.7 Å². The van der Waals surface area contributed by atoms with Crippen molar-refractivity contribution in [3.8, 4) is 0 Å². The molecule has 0 saturated carbocycles. The zero-order valence-corrected chi connectivity index (χ0v) is 38.2. The van der Waals surface area contributed by atoms with E-state index in [1.165, 1.54) is 89.9 Å². The minimum Gasteiger partial charge on any atom is -0.462 e. The minimum absolute atomic E-state index is 0.163. The zero-order chi connectivity index (χ0) is 42.8. The van der Waals surface area contributed by atoms with Crippen molar-refractivity contribution in [2.75, 3.05) is 26.4 Å². The number of aliphatic hydroxyl groups is 1. The van der Waals surface area contributed by atoms with Crippen LogP contribution in [0.4, 0.5) is 0 Å². The highest BCUT2D eigenvalue weighted by Gasteiger charge is 2.28. The van der Waals surface area contributed by atoms with Crippen molar-refractivity contribution >= 4 is 25.7 Å². The molecule has 11 nitrogen and oxygen atoms in total. The molecule has 0 amide bonds. The molecule has 0 saturated heterocycles. The Morgan fingerprint density at radius 1 is 0.466 bits per heavy atom. The van der Waals surface area contributed by atoms with Gasteiger partial charge in [0.15, 0.2) is 6.10 Å². The molecule has 0 bridgehead atoms. The van der Waals surface area contributed by atoms with Gasteiger partial charge in [0.2, 0.25) is 0 Å². The van der Waals surface area contributed by atoms with Crippen LogP contribution in [0.25, 0.3) is 0 Å². The lowest BCUT2D eigenvalue weighted by atomic mass is 10.1. The van der Waals surface area contributed by atoms with E-state index in [1.54, 1.807) is 0 Å². The van der Waals surface area contributed by atoms with Crippen LogP contribution in [0.5, 0.6) is 0 Å². The first-order valence-electron chi connectivity index (χ1n) is 23.6. The summed E-state index contributed by atoms with van der Waals surface area (Å²) in [7, 11) is -4.72. The monoisotopic (exact) mass is 847 g/mol. The predicted octanol–water partition coefficient (Wildman–Crippen LogP) is 12.6. The zero-order valence-electron chi connectivity index (χ0n) is 37.3. The van der Waals surface area contributed by atoms with Gasteiger partial charge in [-0.15, -0.1) is 0 Å². The summed E-state index contributed by atoms with van der Waals surface area (Å²) in [6.45, 7) is 4.56. The van der Waals surface area contributed by atoms with Gasteiger partial charge in [0.25, 0.3) is 0 Å². The first kappa shape index (κ1) is 56.2. The summed E-state index contributed by atoms with van der Waals surface area (Å²) in [4.78, 5) is 47.9. The summed E-state index contributed by atoms with van der Waals surface area (Å²) in [6, 6.07) is 0. The largest absolute Gasteiger partial charge is 0.472 e. The smallest absolute Gasteiger partial charge is 0.462 e. The number of hydrogen-bond acceptors (Lipinski definition) is 10. The third-order valence-corrected chi connectivity index (χ3v) is 11.1. The summed E-state index contributed by atoms with van der Waals surface area (Å²) in [5.74, 6) is -1.47. The molecular weight excluding hydrogens is 759 g/mol. The Labute approximate surface area is 354 Å². The van der Waals surface area contributed by atoms with Crippen molar-refractivity contribution in [1.82, 2.24) is 0 Å². The van der Waals surface area contributed by atoms with E-state index in [0.717, 1.165) is 77.0 Å². The van der Waals surface area contributed by atoms with Crippen LogP contribution in [0.2, 0.25) is 0 Å². The fraction of sp³-hybridized carbons (Fsp3) is 0.891. The maximum atomic E-state index is 12.8. The Bertz CT molecular complexity index is 1040. The van der Waals surface area contributed by atoms with Gasteiger partial charge in [-0.05, 0) is 44.9 Å². The van der Waals surface area contributed by atoms with Gasteiger partial charge in [0, 0.05) is 19.3 Å². The summed E-state index contributed by atoms with van der Waals surface area (Å²) in [6.07, 6.45) is 34.9. The van der Waals surface area contributed by atoms with Gasteiger partial charge < -0.3 is 24.2 Å². The van der Waals surface area contributed by atoms with Gasteiger partial charge in [-0.25, -0.2) is 4.57 Å². The molecule has 0 aromatic rings. The maximum absolute atomic E-state index is 12.8. The molecule has 0 fully saturated rings. The highest BCUT2D eigenvalue weighted by Crippen LogP contribution is 2.43. The molecule has 0 aliphatic carbocycles.